The molecule has 8 heteroatoms. The zero-order valence-electron chi connectivity index (χ0n) is 14.2. The summed E-state index contributed by atoms with van der Waals surface area (Å²) in [5, 5.41) is 3.07. The Morgan fingerprint density at radius 2 is 1.92 bits per heavy atom. The molecule has 7 nitrogen and oxygen atoms in total. The van der Waals surface area contributed by atoms with Crippen molar-refractivity contribution in [1.29, 1.82) is 0 Å². The van der Waals surface area contributed by atoms with Gasteiger partial charge >= 0.3 is 5.97 Å². The Labute approximate surface area is 146 Å². The van der Waals surface area contributed by atoms with Gasteiger partial charge in [-0.1, -0.05) is 11.6 Å². The van der Waals surface area contributed by atoms with Crippen molar-refractivity contribution in [2.75, 3.05) is 25.9 Å². The lowest BCUT2D eigenvalue weighted by molar-refractivity contribution is -0.137. The molecule has 1 aromatic rings. The Morgan fingerprint density at radius 1 is 1.29 bits per heavy atom. The molecule has 24 heavy (non-hydrogen) atoms. The number of esters is 1. The fourth-order valence-corrected chi connectivity index (χ4v) is 1.95. The maximum absolute atomic E-state index is 11.9. The molecular formula is C16H22ClN3O4. The lowest BCUT2D eigenvalue weighted by Gasteiger charge is -2.23. The van der Waals surface area contributed by atoms with Crippen LogP contribution in [-0.2, 0) is 14.3 Å². The van der Waals surface area contributed by atoms with Gasteiger partial charge in [0.15, 0.2) is 6.61 Å². The number of hydrogen-bond donors (Lipinski definition) is 2. The maximum atomic E-state index is 11.9. The van der Waals surface area contributed by atoms with Crippen LogP contribution in [0.1, 0.15) is 31.1 Å². The van der Waals surface area contributed by atoms with Gasteiger partial charge in [-0.05, 0) is 39.0 Å². The molecule has 0 fully saturated rings. The Kier molecular flexibility index (Phi) is 6.60. The lowest BCUT2D eigenvalue weighted by Crippen LogP contribution is -2.46. The predicted octanol–water partition coefficient (Wildman–Crippen LogP) is 1.45. The van der Waals surface area contributed by atoms with Crippen LogP contribution in [0.2, 0.25) is 5.02 Å². The Balaban J connectivity index is 2.54. The number of carbonyl (C=O) groups is 3. The minimum atomic E-state index is -0.754. The van der Waals surface area contributed by atoms with Gasteiger partial charge in [0, 0.05) is 23.3 Å². The second kappa shape index (κ2) is 8.01. The average molecular weight is 356 g/mol. The first-order valence-corrected chi connectivity index (χ1v) is 7.64. The number of likely N-dealkylation sites (N-methyl/N-ethyl adjacent to an activating group) is 1. The molecule has 0 aliphatic heterocycles. The fourth-order valence-electron chi connectivity index (χ4n) is 1.78. The van der Waals surface area contributed by atoms with Crippen molar-refractivity contribution in [2.45, 2.75) is 26.3 Å². The van der Waals surface area contributed by atoms with Crippen LogP contribution in [0.3, 0.4) is 0 Å². The molecule has 0 radical (unpaired) electrons. The molecule has 0 saturated carbocycles. The van der Waals surface area contributed by atoms with Crippen molar-refractivity contribution >= 4 is 35.1 Å². The van der Waals surface area contributed by atoms with Crippen molar-refractivity contribution in [1.82, 2.24) is 10.2 Å². The van der Waals surface area contributed by atoms with Crippen molar-refractivity contribution in [3.8, 4) is 0 Å². The molecule has 1 rings (SSSR count). The summed E-state index contributed by atoms with van der Waals surface area (Å²) >= 11 is 5.80. The van der Waals surface area contributed by atoms with E-state index in [0.717, 1.165) is 0 Å². The molecule has 0 aliphatic rings. The van der Waals surface area contributed by atoms with Gasteiger partial charge < -0.3 is 20.7 Å². The highest BCUT2D eigenvalue weighted by Gasteiger charge is 2.19. The quantitative estimate of drug-likeness (QED) is 0.615. The summed E-state index contributed by atoms with van der Waals surface area (Å²) in [6.07, 6.45) is 0. The van der Waals surface area contributed by atoms with E-state index in [1.165, 1.54) is 24.1 Å². The van der Waals surface area contributed by atoms with E-state index in [2.05, 4.69) is 5.32 Å². The summed E-state index contributed by atoms with van der Waals surface area (Å²) in [7, 11) is 1.45. The number of benzene rings is 1. The van der Waals surface area contributed by atoms with Crippen LogP contribution in [0, 0.1) is 0 Å². The van der Waals surface area contributed by atoms with Gasteiger partial charge in [0.05, 0.1) is 12.1 Å². The third-order valence-electron chi connectivity index (χ3n) is 2.88. The molecule has 132 valence electrons. The van der Waals surface area contributed by atoms with Gasteiger partial charge in [-0.3, -0.25) is 9.59 Å². The molecule has 0 heterocycles. The van der Waals surface area contributed by atoms with Crippen LogP contribution < -0.4 is 11.1 Å². The zero-order chi connectivity index (χ0) is 18.5. The normalized spacial score (nSPS) is 10.9. The third kappa shape index (κ3) is 6.45. The SMILES string of the molecule is CN(CC(=O)NC(C)(C)C)C(=O)COC(=O)c1cc(Cl)ccc1N. The van der Waals surface area contributed by atoms with E-state index in [1.54, 1.807) is 6.07 Å². The van der Waals surface area contributed by atoms with Crippen molar-refractivity contribution in [2.24, 2.45) is 0 Å². The lowest BCUT2D eigenvalue weighted by atomic mass is 10.1. The molecular weight excluding hydrogens is 334 g/mol. The number of rotatable bonds is 5. The maximum Gasteiger partial charge on any atom is 0.340 e. The second-order valence-corrected chi connectivity index (χ2v) is 6.79. The Hall–Kier alpha value is -2.28. The number of nitrogens with two attached hydrogens (primary N) is 1. The third-order valence-corrected chi connectivity index (χ3v) is 3.12. The van der Waals surface area contributed by atoms with Crippen molar-refractivity contribution in [3.63, 3.8) is 0 Å². The van der Waals surface area contributed by atoms with E-state index < -0.39 is 24.0 Å². The summed E-state index contributed by atoms with van der Waals surface area (Å²) < 4.78 is 4.93. The van der Waals surface area contributed by atoms with E-state index in [4.69, 9.17) is 22.1 Å². The zero-order valence-corrected chi connectivity index (χ0v) is 14.9. The standard InChI is InChI=1S/C16H22ClN3O4/c1-16(2,3)19-13(21)8-20(4)14(22)9-24-15(23)11-7-10(17)5-6-12(11)18/h5-7H,8-9,18H2,1-4H3,(H,19,21). The largest absolute Gasteiger partial charge is 0.452 e. The van der Waals surface area contributed by atoms with E-state index in [0.29, 0.717) is 5.02 Å². The van der Waals surface area contributed by atoms with Crippen molar-refractivity contribution in [3.05, 3.63) is 28.8 Å². The van der Waals surface area contributed by atoms with Gasteiger partial charge in [0.2, 0.25) is 5.91 Å². The van der Waals surface area contributed by atoms with Crippen LogP contribution in [0.15, 0.2) is 18.2 Å². The molecule has 1 aromatic carbocycles. The van der Waals surface area contributed by atoms with E-state index in [1.807, 2.05) is 20.8 Å². The van der Waals surface area contributed by atoms with Crippen LogP contribution >= 0.6 is 11.6 Å². The number of ether oxygens (including phenoxy) is 1. The number of hydrogen-bond acceptors (Lipinski definition) is 5. The molecule has 0 aliphatic carbocycles. The van der Waals surface area contributed by atoms with E-state index >= 15 is 0 Å². The van der Waals surface area contributed by atoms with E-state index in [9.17, 15) is 14.4 Å². The molecule has 0 aromatic heterocycles. The Bertz CT molecular complexity index is 641. The fraction of sp³-hybridized carbons (Fsp3) is 0.438. The first kappa shape index (κ1) is 19.8. The number of amides is 2. The number of anilines is 1. The highest BCUT2D eigenvalue weighted by atomic mass is 35.5. The van der Waals surface area contributed by atoms with Gasteiger partial charge in [-0.25, -0.2) is 4.79 Å². The molecule has 0 saturated heterocycles. The minimum absolute atomic E-state index is 0.0865. The van der Waals surface area contributed by atoms with Gasteiger partial charge in [0.25, 0.3) is 5.91 Å². The highest BCUT2D eigenvalue weighted by molar-refractivity contribution is 6.31. The number of carbonyl (C=O) groups excluding carboxylic acids is 3. The predicted molar refractivity (Wildman–Crippen MR) is 91.7 cm³/mol. The van der Waals surface area contributed by atoms with Crippen molar-refractivity contribution < 1.29 is 19.1 Å². The molecule has 0 spiro atoms. The summed E-state index contributed by atoms with van der Waals surface area (Å²) in [5.74, 6) is -1.56. The molecule has 0 atom stereocenters. The first-order chi connectivity index (χ1) is 11.0. The number of nitrogen functional groups attached to an aromatic ring is 1. The Morgan fingerprint density at radius 3 is 2.50 bits per heavy atom. The molecule has 3 N–H and O–H groups in total. The molecule has 2 amide bonds. The van der Waals surface area contributed by atoms with Gasteiger partial charge in [0.1, 0.15) is 0 Å². The topological polar surface area (TPSA) is 102 Å². The second-order valence-electron chi connectivity index (χ2n) is 6.36. The number of nitrogens with one attached hydrogen (secondary N) is 1. The van der Waals surface area contributed by atoms with Crippen LogP contribution in [0.5, 0.6) is 0 Å². The van der Waals surface area contributed by atoms with Crippen LogP contribution in [0.25, 0.3) is 0 Å². The van der Waals surface area contributed by atoms with Gasteiger partial charge in [-0.2, -0.15) is 0 Å². The van der Waals surface area contributed by atoms with Crippen LogP contribution in [0.4, 0.5) is 5.69 Å². The summed E-state index contributed by atoms with van der Waals surface area (Å²) in [4.78, 5) is 36.8. The average Bonchev–Trinajstić information content (AvgIpc) is 2.44. The number of nitrogens with zero attached hydrogens (tertiary/aromatic N) is 1. The smallest absolute Gasteiger partial charge is 0.340 e. The highest BCUT2D eigenvalue weighted by Crippen LogP contribution is 2.18. The number of halogens is 1. The van der Waals surface area contributed by atoms with E-state index in [-0.39, 0.29) is 23.7 Å². The summed E-state index contributed by atoms with van der Waals surface area (Å²) in [6, 6.07) is 4.38. The summed E-state index contributed by atoms with van der Waals surface area (Å²) in [5.41, 5.74) is 5.57. The minimum Gasteiger partial charge on any atom is -0.452 e. The monoisotopic (exact) mass is 355 g/mol. The molecule has 0 unspecified atom stereocenters. The van der Waals surface area contributed by atoms with Crippen LogP contribution in [-0.4, -0.2) is 48.4 Å². The first-order valence-electron chi connectivity index (χ1n) is 7.27. The van der Waals surface area contributed by atoms with Gasteiger partial charge in [-0.15, -0.1) is 0 Å². The summed E-state index contributed by atoms with van der Waals surface area (Å²) in [6.45, 7) is 4.88. The molecule has 0 bridgehead atoms.